The van der Waals surface area contributed by atoms with Gasteiger partial charge in [-0.2, -0.15) is 0 Å². The average Bonchev–Trinajstić information content (AvgIpc) is 2.42. The summed E-state index contributed by atoms with van der Waals surface area (Å²) < 4.78 is 19.5. The summed E-state index contributed by atoms with van der Waals surface area (Å²) in [5.74, 6) is -0.191. The average molecular weight is 280 g/mol. The molecule has 0 saturated carbocycles. The molecule has 20 heavy (non-hydrogen) atoms. The Bertz CT molecular complexity index is 456. The third-order valence-electron chi connectivity index (χ3n) is 3.96. The number of anilines is 1. The van der Waals surface area contributed by atoms with Crippen molar-refractivity contribution in [3.05, 3.63) is 29.1 Å². The number of rotatable bonds is 4. The lowest BCUT2D eigenvalue weighted by atomic mass is 10.0. The summed E-state index contributed by atoms with van der Waals surface area (Å²) in [6.45, 7) is 5.35. The van der Waals surface area contributed by atoms with Gasteiger partial charge < -0.3 is 15.4 Å². The minimum atomic E-state index is -0.191. The van der Waals surface area contributed by atoms with Crippen LogP contribution in [0.2, 0.25) is 0 Å². The van der Waals surface area contributed by atoms with Crippen molar-refractivity contribution in [2.45, 2.75) is 45.3 Å². The predicted molar refractivity (Wildman–Crippen MR) is 80.6 cm³/mol. The minimum Gasteiger partial charge on any atom is -0.376 e. The van der Waals surface area contributed by atoms with E-state index < -0.39 is 0 Å². The largest absolute Gasteiger partial charge is 0.376 e. The molecule has 0 spiro atoms. The fourth-order valence-corrected chi connectivity index (χ4v) is 2.73. The summed E-state index contributed by atoms with van der Waals surface area (Å²) in [5, 5.41) is 0. The zero-order chi connectivity index (χ0) is 14.7. The Kier molecular flexibility index (Phi) is 5.00. The second-order valence-electron chi connectivity index (χ2n) is 5.82. The highest BCUT2D eigenvalue weighted by Crippen LogP contribution is 2.28. The highest BCUT2D eigenvalue weighted by molar-refractivity contribution is 5.56. The second kappa shape index (κ2) is 6.55. The first-order valence-corrected chi connectivity index (χ1v) is 7.37. The summed E-state index contributed by atoms with van der Waals surface area (Å²) in [6.07, 6.45) is 3.74. The minimum absolute atomic E-state index is 0.185. The van der Waals surface area contributed by atoms with Crippen molar-refractivity contribution in [2.75, 3.05) is 25.1 Å². The number of likely N-dealkylation sites (N-methyl/N-ethyl adjacent to an activating group) is 1. The van der Waals surface area contributed by atoms with Gasteiger partial charge in [0, 0.05) is 31.9 Å². The molecule has 0 radical (unpaired) electrons. The van der Waals surface area contributed by atoms with E-state index in [1.807, 2.05) is 20.0 Å². The molecule has 1 saturated heterocycles. The Balaban J connectivity index is 2.19. The van der Waals surface area contributed by atoms with Crippen LogP contribution in [0.5, 0.6) is 0 Å². The molecule has 2 rings (SSSR count). The lowest BCUT2D eigenvalue weighted by molar-refractivity contribution is 0.0216. The van der Waals surface area contributed by atoms with Gasteiger partial charge in [0.1, 0.15) is 5.82 Å². The first-order chi connectivity index (χ1) is 9.49. The highest BCUT2D eigenvalue weighted by Gasteiger charge is 2.19. The smallest absolute Gasteiger partial charge is 0.126 e. The molecule has 0 amide bonds. The Labute approximate surface area is 120 Å². The molecule has 1 aromatic carbocycles. The van der Waals surface area contributed by atoms with Gasteiger partial charge in [-0.3, -0.25) is 0 Å². The van der Waals surface area contributed by atoms with Crippen molar-refractivity contribution >= 4 is 5.69 Å². The predicted octanol–water partition coefficient (Wildman–Crippen LogP) is 3.16. The van der Waals surface area contributed by atoms with Gasteiger partial charge in [-0.25, -0.2) is 4.39 Å². The van der Waals surface area contributed by atoms with Gasteiger partial charge in [0.05, 0.1) is 6.10 Å². The van der Waals surface area contributed by atoms with Gasteiger partial charge in [-0.15, -0.1) is 0 Å². The van der Waals surface area contributed by atoms with Crippen molar-refractivity contribution in [2.24, 2.45) is 5.73 Å². The standard InChI is InChI=1S/C16H25FN2O/c1-11-8-16(14(12(2)18)9-15(11)17)19(3)10-13-6-4-5-7-20-13/h8-9,12-13H,4-7,10,18H2,1-3H3. The number of nitrogens with two attached hydrogens (primary N) is 1. The molecule has 112 valence electrons. The number of ether oxygens (including phenoxy) is 1. The normalized spacial score (nSPS) is 20.8. The summed E-state index contributed by atoms with van der Waals surface area (Å²) in [5.41, 5.74) is 8.49. The molecule has 2 unspecified atom stereocenters. The van der Waals surface area contributed by atoms with E-state index in [2.05, 4.69) is 4.90 Å². The maximum absolute atomic E-state index is 13.7. The van der Waals surface area contributed by atoms with Crippen LogP contribution in [-0.4, -0.2) is 26.3 Å². The number of hydrogen-bond acceptors (Lipinski definition) is 3. The number of aryl methyl sites for hydroxylation is 1. The zero-order valence-electron chi connectivity index (χ0n) is 12.7. The fraction of sp³-hybridized carbons (Fsp3) is 0.625. The Morgan fingerprint density at radius 2 is 2.20 bits per heavy atom. The topological polar surface area (TPSA) is 38.5 Å². The van der Waals surface area contributed by atoms with E-state index in [0.29, 0.717) is 5.56 Å². The number of halogens is 1. The molecule has 0 aliphatic carbocycles. The van der Waals surface area contributed by atoms with E-state index in [-0.39, 0.29) is 18.0 Å². The van der Waals surface area contributed by atoms with E-state index >= 15 is 0 Å². The van der Waals surface area contributed by atoms with Gasteiger partial charge in [-0.1, -0.05) is 0 Å². The van der Waals surface area contributed by atoms with E-state index in [1.165, 1.54) is 6.42 Å². The lowest BCUT2D eigenvalue weighted by Crippen LogP contribution is -2.34. The molecule has 1 aromatic rings. The number of hydrogen-bond donors (Lipinski definition) is 1. The molecule has 4 heteroatoms. The molecular weight excluding hydrogens is 255 g/mol. The Hall–Kier alpha value is -1.13. The molecular formula is C16H25FN2O. The first-order valence-electron chi connectivity index (χ1n) is 7.37. The summed E-state index contributed by atoms with van der Waals surface area (Å²) in [6, 6.07) is 3.26. The Morgan fingerprint density at radius 1 is 1.45 bits per heavy atom. The van der Waals surface area contributed by atoms with Crippen LogP contribution in [0, 0.1) is 12.7 Å². The third-order valence-corrected chi connectivity index (χ3v) is 3.96. The quantitative estimate of drug-likeness (QED) is 0.920. The van der Waals surface area contributed by atoms with E-state index in [0.717, 1.165) is 37.2 Å². The molecule has 1 heterocycles. The van der Waals surface area contributed by atoms with Gasteiger partial charge >= 0.3 is 0 Å². The van der Waals surface area contributed by atoms with Crippen molar-refractivity contribution in [3.63, 3.8) is 0 Å². The van der Waals surface area contributed by atoms with Crippen LogP contribution < -0.4 is 10.6 Å². The van der Waals surface area contributed by atoms with Crippen molar-refractivity contribution < 1.29 is 9.13 Å². The molecule has 2 atom stereocenters. The highest BCUT2D eigenvalue weighted by atomic mass is 19.1. The van der Waals surface area contributed by atoms with Crippen LogP contribution in [0.4, 0.5) is 10.1 Å². The van der Waals surface area contributed by atoms with Crippen LogP contribution >= 0.6 is 0 Å². The van der Waals surface area contributed by atoms with Crippen molar-refractivity contribution in [1.82, 2.24) is 0 Å². The summed E-state index contributed by atoms with van der Waals surface area (Å²) in [4.78, 5) is 2.14. The molecule has 1 aliphatic heterocycles. The maximum Gasteiger partial charge on any atom is 0.126 e. The summed E-state index contributed by atoms with van der Waals surface area (Å²) >= 11 is 0. The zero-order valence-corrected chi connectivity index (χ0v) is 12.7. The van der Waals surface area contributed by atoms with E-state index in [1.54, 1.807) is 13.0 Å². The third kappa shape index (κ3) is 3.49. The maximum atomic E-state index is 13.7. The van der Waals surface area contributed by atoms with Crippen LogP contribution in [0.3, 0.4) is 0 Å². The van der Waals surface area contributed by atoms with Crippen LogP contribution in [-0.2, 0) is 4.74 Å². The molecule has 0 aromatic heterocycles. The second-order valence-corrected chi connectivity index (χ2v) is 5.82. The summed E-state index contributed by atoms with van der Waals surface area (Å²) in [7, 11) is 2.02. The van der Waals surface area contributed by atoms with Crippen molar-refractivity contribution in [3.8, 4) is 0 Å². The van der Waals surface area contributed by atoms with E-state index in [4.69, 9.17) is 10.5 Å². The van der Waals surface area contributed by atoms with Crippen LogP contribution in [0.25, 0.3) is 0 Å². The molecule has 3 nitrogen and oxygen atoms in total. The van der Waals surface area contributed by atoms with Crippen molar-refractivity contribution in [1.29, 1.82) is 0 Å². The van der Waals surface area contributed by atoms with Crippen LogP contribution in [0.15, 0.2) is 12.1 Å². The van der Waals surface area contributed by atoms with E-state index in [9.17, 15) is 4.39 Å². The van der Waals surface area contributed by atoms with Gasteiger partial charge in [0.15, 0.2) is 0 Å². The number of nitrogens with zero attached hydrogens (tertiary/aromatic N) is 1. The number of benzene rings is 1. The SMILES string of the molecule is Cc1cc(N(C)CC2CCCCO2)c(C(C)N)cc1F. The van der Waals surface area contributed by atoms with Crippen LogP contribution in [0.1, 0.15) is 43.4 Å². The first kappa shape index (κ1) is 15.3. The molecule has 1 fully saturated rings. The van der Waals surface area contributed by atoms with Gasteiger partial charge in [0.25, 0.3) is 0 Å². The van der Waals surface area contributed by atoms with Gasteiger partial charge in [0.2, 0.25) is 0 Å². The monoisotopic (exact) mass is 280 g/mol. The molecule has 2 N–H and O–H groups in total. The van der Waals surface area contributed by atoms with Gasteiger partial charge in [-0.05, 0) is 56.4 Å². The molecule has 0 bridgehead atoms. The Morgan fingerprint density at radius 3 is 2.80 bits per heavy atom. The lowest BCUT2D eigenvalue weighted by Gasteiger charge is -2.30. The molecule has 1 aliphatic rings. The fourth-order valence-electron chi connectivity index (χ4n) is 2.73.